The van der Waals surface area contributed by atoms with Gasteiger partial charge < -0.3 is 14.5 Å². The highest BCUT2D eigenvalue weighted by Gasteiger charge is 2.18. The van der Waals surface area contributed by atoms with Gasteiger partial charge in [-0.2, -0.15) is 0 Å². The van der Waals surface area contributed by atoms with E-state index < -0.39 is 5.97 Å². The number of furan rings is 1. The maximum absolute atomic E-state index is 12.2. The molecule has 144 valence electrons. The zero-order valence-corrected chi connectivity index (χ0v) is 15.9. The molecule has 28 heavy (non-hydrogen) atoms. The second-order valence-electron chi connectivity index (χ2n) is 7.27. The van der Waals surface area contributed by atoms with Gasteiger partial charge in [0.1, 0.15) is 5.58 Å². The number of benzene rings is 2. The Balaban J connectivity index is 1.32. The Morgan fingerprint density at radius 1 is 1.14 bits per heavy atom. The van der Waals surface area contributed by atoms with Crippen LogP contribution >= 0.6 is 0 Å². The van der Waals surface area contributed by atoms with Gasteiger partial charge in [-0.05, 0) is 55.0 Å². The Morgan fingerprint density at radius 3 is 2.68 bits per heavy atom. The van der Waals surface area contributed by atoms with Crippen molar-refractivity contribution in [2.45, 2.75) is 38.6 Å². The molecule has 1 amide bonds. The first-order chi connectivity index (χ1) is 13.6. The van der Waals surface area contributed by atoms with Crippen LogP contribution in [-0.2, 0) is 33.6 Å². The molecule has 5 heteroatoms. The van der Waals surface area contributed by atoms with Gasteiger partial charge in [0.15, 0.2) is 6.61 Å². The number of carbonyl (C=O) groups excluding carboxylic acids is 2. The van der Waals surface area contributed by atoms with Crippen LogP contribution in [0.25, 0.3) is 11.0 Å². The van der Waals surface area contributed by atoms with Gasteiger partial charge in [-0.25, -0.2) is 0 Å². The minimum absolute atomic E-state index is 0.0906. The number of ether oxygens (including phenoxy) is 1. The van der Waals surface area contributed by atoms with Crippen LogP contribution < -0.4 is 5.32 Å². The van der Waals surface area contributed by atoms with Crippen LogP contribution in [0.4, 0.5) is 0 Å². The summed E-state index contributed by atoms with van der Waals surface area (Å²) in [5.74, 6) is -0.759. The van der Waals surface area contributed by atoms with E-state index in [2.05, 4.69) is 17.4 Å². The number of aryl methyl sites for hydroxylation is 2. The van der Waals surface area contributed by atoms with Crippen molar-refractivity contribution in [3.63, 3.8) is 0 Å². The standard InChI is InChI=1S/C23H23NO4/c1-15(16-6-3-2-4-7-16)24-22(25)14-28-23(26)12-19-13-27-21-11-18-9-5-8-17(18)10-20(19)21/h2-4,6-7,10-11,13,15H,5,8-9,12,14H2,1H3,(H,24,25)/t15-/m1/s1. The fourth-order valence-corrected chi connectivity index (χ4v) is 3.75. The normalized spacial score (nSPS) is 13.9. The van der Waals surface area contributed by atoms with Crippen molar-refractivity contribution in [2.75, 3.05) is 6.61 Å². The summed E-state index contributed by atoms with van der Waals surface area (Å²) >= 11 is 0. The molecule has 1 atom stereocenters. The molecule has 0 radical (unpaired) electrons. The maximum atomic E-state index is 12.2. The summed E-state index contributed by atoms with van der Waals surface area (Å²) in [6, 6.07) is 13.7. The van der Waals surface area contributed by atoms with Gasteiger partial charge in [0, 0.05) is 10.9 Å². The molecule has 0 fully saturated rings. The molecule has 0 bridgehead atoms. The van der Waals surface area contributed by atoms with E-state index in [-0.39, 0.29) is 25.0 Å². The van der Waals surface area contributed by atoms with Gasteiger partial charge in [-0.15, -0.1) is 0 Å². The summed E-state index contributed by atoms with van der Waals surface area (Å²) in [7, 11) is 0. The number of hydrogen-bond acceptors (Lipinski definition) is 4. The van der Waals surface area contributed by atoms with Gasteiger partial charge >= 0.3 is 5.97 Å². The van der Waals surface area contributed by atoms with E-state index in [0.29, 0.717) is 0 Å². The first-order valence-corrected chi connectivity index (χ1v) is 9.62. The van der Waals surface area contributed by atoms with Crippen molar-refractivity contribution in [3.8, 4) is 0 Å². The maximum Gasteiger partial charge on any atom is 0.310 e. The van der Waals surface area contributed by atoms with E-state index in [0.717, 1.165) is 41.4 Å². The first kappa shape index (κ1) is 18.3. The molecule has 1 aliphatic rings. The van der Waals surface area contributed by atoms with E-state index in [1.807, 2.05) is 37.3 Å². The summed E-state index contributed by atoms with van der Waals surface area (Å²) in [6.07, 6.45) is 5.02. The fourth-order valence-electron chi connectivity index (χ4n) is 3.75. The number of amides is 1. The van der Waals surface area contributed by atoms with Crippen molar-refractivity contribution in [1.82, 2.24) is 5.32 Å². The number of hydrogen-bond donors (Lipinski definition) is 1. The van der Waals surface area contributed by atoms with Crippen molar-refractivity contribution < 1.29 is 18.7 Å². The Morgan fingerprint density at radius 2 is 1.89 bits per heavy atom. The van der Waals surface area contributed by atoms with Crippen LogP contribution in [0.5, 0.6) is 0 Å². The number of fused-ring (bicyclic) bond motifs is 2. The Bertz CT molecular complexity index is 1010. The summed E-state index contributed by atoms with van der Waals surface area (Å²) < 4.78 is 10.8. The van der Waals surface area contributed by atoms with Crippen LogP contribution in [0.2, 0.25) is 0 Å². The monoisotopic (exact) mass is 377 g/mol. The minimum Gasteiger partial charge on any atom is -0.464 e. The van der Waals surface area contributed by atoms with Crippen molar-refractivity contribution in [2.24, 2.45) is 0 Å². The van der Waals surface area contributed by atoms with Gasteiger partial charge in [0.05, 0.1) is 18.7 Å². The molecule has 2 aromatic carbocycles. The van der Waals surface area contributed by atoms with Crippen molar-refractivity contribution >= 4 is 22.8 Å². The zero-order chi connectivity index (χ0) is 19.5. The lowest BCUT2D eigenvalue weighted by Gasteiger charge is -2.14. The number of rotatable bonds is 6. The lowest BCUT2D eigenvalue weighted by atomic mass is 10.0. The molecule has 5 nitrogen and oxygen atoms in total. The molecule has 0 spiro atoms. The highest BCUT2D eigenvalue weighted by atomic mass is 16.5. The molecule has 1 aromatic heterocycles. The molecule has 0 saturated carbocycles. The van der Waals surface area contributed by atoms with E-state index in [9.17, 15) is 9.59 Å². The Labute approximate surface area is 163 Å². The first-order valence-electron chi connectivity index (χ1n) is 9.62. The van der Waals surface area contributed by atoms with Crippen molar-refractivity contribution in [1.29, 1.82) is 0 Å². The lowest BCUT2D eigenvalue weighted by Crippen LogP contribution is -2.31. The minimum atomic E-state index is -0.439. The third-order valence-electron chi connectivity index (χ3n) is 5.24. The topological polar surface area (TPSA) is 68.5 Å². The quantitative estimate of drug-likeness (QED) is 0.662. The van der Waals surface area contributed by atoms with Gasteiger partial charge in [-0.1, -0.05) is 30.3 Å². The summed E-state index contributed by atoms with van der Waals surface area (Å²) in [5, 5.41) is 3.79. The molecule has 3 aromatic rings. The lowest BCUT2D eigenvalue weighted by molar-refractivity contribution is -0.148. The average molecular weight is 377 g/mol. The Hall–Kier alpha value is -3.08. The third-order valence-corrected chi connectivity index (χ3v) is 5.24. The van der Waals surface area contributed by atoms with Crippen molar-refractivity contribution in [3.05, 3.63) is 71.0 Å². The van der Waals surface area contributed by atoms with E-state index in [4.69, 9.17) is 9.15 Å². The Kier molecular flexibility index (Phi) is 5.15. The zero-order valence-electron chi connectivity index (χ0n) is 15.9. The molecule has 0 aliphatic heterocycles. The van der Waals surface area contributed by atoms with Gasteiger partial charge in [0.25, 0.3) is 5.91 Å². The molecule has 0 unspecified atom stereocenters. The highest BCUT2D eigenvalue weighted by Crippen LogP contribution is 2.30. The molecule has 1 heterocycles. The summed E-state index contributed by atoms with van der Waals surface area (Å²) in [6.45, 7) is 1.60. The van der Waals surface area contributed by atoms with Crippen LogP contribution in [0.1, 0.15) is 41.6 Å². The molecule has 1 N–H and O–H groups in total. The van der Waals surface area contributed by atoms with Crippen LogP contribution in [-0.4, -0.2) is 18.5 Å². The van der Waals surface area contributed by atoms with Gasteiger partial charge in [0.2, 0.25) is 0 Å². The summed E-state index contributed by atoms with van der Waals surface area (Å²) in [4.78, 5) is 24.3. The third kappa shape index (κ3) is 3.93. The number of nitrogens with one attached hydrogen (secondary N) is 1. The van der Waals surface area contributed by atoms with E-state index in [1.54, 1.807) is 6.26 Å². The largest absolute Gasteiger partial charge is 0.464 e. The average Bonchev–Trinajstić information content (AvgIpc) is 3.32. The molecular weight excluding hydrogens is 354 g/mol. The highest BCUT2D eigenvalue weighted by molar-refractivity contribution is 5.88. The second kappa shape index (κ2) is 7.89. The molecular formula is C23H23NO4. The number of esters is 1. The SMILES string of the molecule is C[C@@H](NC(=O)COC(=O)Cc1coc2cc3c(cc12)CCC3)c1ccccc1. The predicted molar refractivity (Wildman–Crippen MR) is 106 cm³/mol. The molecule has 1 aliphatic carbocycles. The fraction of sp³-hybridized carbons (Fsp3) is 0.304. The van der Waals surface area contributed by atoms with E-state index in [1.165, 1.54) is 11.1 Å². The van der Waals surface area contributed by atoms with Crippen LogP contribution in [0.15, 0.2) is 53.1 Å². The smallest absolute Gasteiger partial charge is 0.310 e. The van der Waals surface area contributed by atoms with Crippen LogP contribution in [0, 0.1) is 0 Å². The second-order valence-corrected chi connectivity index (χ2v) is 7.27. The van der Waals surface area contributed by atoms with Crippen LogP contribution in [0.3, 0.4) is 0 Å². The summed E-state index contributed by atoms with van der Waals surface area (Å²) in [5.41, 5.74) is 5.27. The molecule has 0 saturated heterocycles. The number of carbonyl (C=O) groups is 2. The predicted octanol–water partition coefficient (Wildman–Crippen LogP) is 3.88. The van der Waals surface area contributed by atoms with E-state index >= 15 is 0 Å². The molecule has 4 rings (SSSR count). The van der Waals surface area contributed by atoms with Gasteiger partial charge in [-0.3, -0.25) is 9.59 Å².